The number of benzene rings is 2. The first-order chi connectivity index (χ1) is 11.1. The summed E-state index contributed by atoms with van der Waals surface area (Å²) in [5.74, 6) is 2.61. The van der Waals surface area contributed by atoms with Crippen molar-refractivity contribution in [2.75, 3.05) is 28.4 Å². The molecule has 4 nitrogen and oxygen atoms in total. The fourth-order valence-electron chi connectivity index (χ4n) is 2.16. The lowest BCUT2D eigenvalue weighted by Gasteiger charge is -2.10. The summed E-state index contributed by atoms with van der Waals surface area (Å²) in [4.78, 5) is 0. The molecule has 2 rings (SSSR count). The molecule has 0 fully saturated rings. The van der Waals surface area contributed by atoms with Crippen LogP contribution in [-0.4, -0.2) is 28.4 Å². The lowest BCUT2D eigenvalue weighted by atomic mass is 10.1. The van der Waals surface area contributed by atoms with Gasteiger partial charge in [0.25, 0.3) is 0 Å². The summed E-state index contributed by atoms with van der Waals surface area (Å²) in [7, 11) is 6.39. The lowest BCUT2D eigenvalue weighted by molar-refractivity contribution is 0.355. The van der Waals surface area contributed by atoms with E-state index in [0.717, 1.165) is 11.1 Å². The molecule has 0 amide bonds. The quantitative estimate of drug-likeness (QED) is 0.731. The highest BCUT2D eigenvalue weighted by atomic mass is 35.5. The van der Waals surface area contributed by atoms with Crippen molar-refractivity contribution in [3.8, 4) is 23.0 Å². The second-order valence-electron chi connectivity index (χ2n) is 4.68. The average Bonchev–Trinajstić information content (AvgIpc) is 2.60. The molecule has 0 atom stereocenters. The standard InChI is InChI=1S/C18H19ClO4/c1-20-15-7-5-12(10-17(15)22-3)9-14(19)13-6-8-16(21-2)18(11-13)23-4/h5-11H,1-4H3/b14-9-. The molecule has 0 aliphatic rings. The first-order valence-electron chi connectivity index (χ1n) is 6.94. The predicted octanol–water partition coefficient (Wildman–Crippen LogP) is 4.46. The van der Waals surface area contributed by atoms with Gasteiger partial charge < -0.3 is 18.9 Å². The van der Waals surface area contributed by atoms with Gasteiger partial charge in [-0.05, 0) is 47.5 Å². The zero-order valence-corrected chi connectivity index (χ0v) is 14.3. The third kappa shape index (κ3) is 3.90. The summed E-state index contributed by atoms with van der Waals surface area (Å²) in [5.41, 5.74) is 1.74. The Kier molecular flexibility index (Phi) is 5.77. The summed E-state index contributed by atoms with van der Waals surface area (Å²) in [5, 5.41) is 0.582. The number of methoxy groups -OCH3 is 4. The van der Waals surface area contributed by atoms with E-state index >= 15 is 0 Å². The van der Waals surface area contributed by atoms with Crippen LogP contribution in [0.5, 0.6) is 23.0 Å². The fraction of sp³-hybridized carbons (Fsp3) is 0.222. The van der Waals surface area contributed by atoms with Crippen LogP contribution in [0.1, 0.15) is 11.1 Å². The monoisotopic (exact) mass is 334 g/mol. The van der Waals surface area contributed by atoms with Crippen LogP contribution in [0, 0.1) is 0 Å². The molecule has 0 bridgehead atoms. The van der Waals surface area contributed by atoms with Crippen LogP contribution in [0.2, 0.25) is 0 Å². The number of hydrogen-bond donors (Lipinski definition) is 0. The fourth-order valence-corrected chi connectivity index (χ4v) is 2.40. The van der Waals surface area contributed by atoms with Gasteiger partial charge >= 0.3 is 0 Å². The predicted molar refractivity (Wildman–Crippen MR) is 92.8 cm³/mol. The van der Waals surface area contributed by atoms with Crippen molar-refractivity contribution in [1.82, 2.24) is 0 Å². The molecule has 0 saturated heterocycles. The number of halogens is 1. The first-order valence-corrected chi connectivity index (χ1v) is 7.32. The van der Waals surface area contributed by atoms with Crippen LogP contribution in [0.25, 0.3) is 11.1 Å². The Balaban J connectivity index is 2.36. The van der Waals surface area contributed by atoms with Gasteiger partial charge in [-0.15, -0.1) is 0 Å². The van der Waals surface area contributed by atoms with E-state index in [1.165, 1.54) is 0 Å². The van der Waals surface area contributed by atoms with Crippen LogP contribution in [-0.2, 0) is 0 Å². The summed E-state index contributed by atoms with van der Waals surface area (Å²) in [6.45, 7) is 0. The van der Waals surface area contributed by atoms with E-state index in [9.17, 15) is 0 Å². The van der Waals surface area contributed by atoms with Gasteiger partial charge in [-0.25, -0.2) is 0 Å². The molecular formula is C18H19ClO4. The van der Waals surface area contributed by atoms with Crippen LogP contribution < -0.4 is 18.9 Å². The third-order valence-electron chi connectivity index (χ3n) is 3.36. The van der Waals surface area contributed by atoms with E-state index in [1.54, 1.807) is 28.4 Å². The van der Waals surface area contributed by atoms with Gasteiger partial charge in [0, 0.05) is 5.03 Å². The molecule has 122 valence electrons. The summed E-state index contributed by atoms with van der Waals surface area (Å²) >= 11 is 6.43. The highest BCUT2D eigenvalue weighted by Crippen LogP contribution is 2.34. The Labute approximate surface area is 141 Å². The zero-order chi connectivity index (χ0) is 16.8. The Morgan fingerprint density at radius 3 is 1.83 bits per heavy atom. The minimum atomic E-state index is 0.582. The minimum Gasteiger partial charge on any atom is -0.493 e. The van der Waals surface area contributed by atoms with Crippen molar-refractivity contribution in [2.45, 2.75) is 0 Å². The molecule has 0 saturated carbocycles. The van der Waals surface area contributed by atoms with Crippen molar-refractivity contribution in [2.24, 2.45) is 0 Å². The van der Waals surface area contributed by atoms with Crippen molar-refractivity contribution in [3.05, 3.63) is 47.5 Å². The van der Waals surface area contributed by atoms with Crippen molar-refractivity contribution in [1.29, 1.82) is 0 Å². The van der Waals surface area contributed by atoms with Crippen LogP contribution in [0.15, 0.2) is 36.4 Å². The maximum absolute atomic E-state index is 6.43. The summed E-state index contributed by atoms with van der Waals surface area (Å²) in [6, 6.07) is 11.1. The molecule has 0 aliphatic heterocycles. The minimum absolute atomic E-state index is 0.582. The number of rotatable bonds is 6. The van der Waals surface area contributed by atoms with Gasteiger partial charge in [-0.3, -0.25) is 0 Å². The Morgan fingerprint density at radius 1 is 0.739 bits per heavy atom. The van der Waals surface area contributed by atoms with Crippen LogP contribution in [0.3, 0.4) is 0 Å². The maximum atomic E-state index is 6.43. The van der Waals surface area contributed by atoms with E-state index in [4.69, 9.17) is 30.5 Å². The van der Waals surface area contributed by atoms with E-state index in [-0.39, 0.29) is 0 Å². The normalized spacial score (nSPS) is 11.1. The number of hydrogen-bond acceptors (Lipinski definition) is 4. The summed E-state index contributed by atoms with van der Waals surface area (Å²) < 4.78 is 21.0. The van der Waals surface area contributed by atoms with Gasteiger partial charge in [0.1, 0.15) is 0 Å². The molecule has 0 aromatic heterocycles. The van der Waals surface area contributed by atoms with Gasteiger partial charge in [-0.2, -0.15) is 0 Å². The van der Waals surface area contributed by atoms with Crippen molar-refractivity contribution < 1.29 is 18.9 Å². The highest BCUT2D eigenvalue weighted by molar-refractivity contribution is 6.51. The third-order valence-corrected chi connectivity index (χ3v) is 3.69. The second-order valence-corrected chi connectivity index (χ2v) is 5.08. The first kappa shape index (κ1) is 17.0. The molecular weight excluding hydrogens is 316 g/mol. The zero-order valence-electron chi connectivity index (χ0n) is 13.6. The lowest BCUT2D eigenvalue weighted by Crippen LogP contribution is -1.92. The Morgan fingerprint density at radius 2 is 1.26 bits per heavy atom. The SMILES string of the molecule is COc1ccc(/C=C(\Cl)c2ccc(OC)c(OC)c2)cc1OC. The molecule has 0 unspecified atom stereocenters. The van der Waals surface area contributed by atoms with Gasteiger partial charge in [0.2, 0.25) is 0 Å². The van der Waals surface area contributed by atoms with Crippen LogP contribution >= 0.6 is 11.6 Å². The highest BCUT2D eigenvalue weighted by Gasteiger charge is 2.08. The molecule has 5 heteroatoms. The Hall–Kier alpha value is -2.33. The van der Waals surface area contributed by atoms with Gasteiger partial charge in [0.15, 0.2) is 23.0 Å². The van der Waals surface area contributed by atoms with Crippen LogP contribution in [0.4, 0.5) is 0 Å². The molecule has 23 heavy (non-hydrogen) atoms. The molecule has 0 radical (unpaired) electrons. The maximum Gasteiger partial charge on any atom is 0.161 e. The largest absolute Gasteiger partial charge is 0.493 e. The van der Waals surface area contributed by atoms with Gasteiger partial charge in [-0.1, -0.05) is 17.7 Å². The molecule has 0 spiro atoms. The van der Waals surface area contributed by atoms with E-state index < -0.39 is 0 Å². The molecule has 2 aromatic rings. The van der Waals surface area contributed by atoms with E-state index in [1.807, 2.05) is 42.5 Å². The molecule has 0 N–H and O–H groups in total. The number of ether oxygens (including phenoxy) is 4. The van der Waals surface area contributed by atoms with Crippen molar-refractivity contribution in [3.63, 3.8) is 0 Å². The molecule has 2 aromatic carbocycles. The Bertz CT molecular complexity index is 710. The topological polar surface area (TPSA) is 36.9 Å². The smallest absolute Gasteiger partial charge is 0.161 e. The summed E-state index contributed by atoms with van der Waals surface area (Å²) in [6.07, 6.45) is 1.85. The average molecular weight is 335 g/mol. The van der Waals surface area contributed by atoms with Gasteiger partial charge in [0.05, 0.1) is 28.4 Å². The molecule has 0 heterocycles. The van der Waals surface area contributed by atoms with Crippen molar-refractivity contribution >= 4 is 22.7 Å². The molecule has 0 aliphatic carbocycles. The second kappa shape index (κ2) is 7.79. The van der Waals surface area contributed by atoms with E-state index in [2.05, 4.69) is 0 Å². The van der Waals surface area contributed by atoms with E-state index in [0.29, 0.717) is 28.0 Å².